The molecule has 0 bridgehead atoms. The first-order chi connectivity index (χ1) is 11.7. The van der Waals surface area contributed by atoms with E-state index in [-0.39, 0.29) is 5.91 Å². The van der Waals surface area contributed by atoms with Gasteiger partial charge in [-0.3, -0.25) is 9.78 Å². The number of carbonyl (C=O) groups excluding carboxylic acids is 1. The maximum atomic E-state index is 12.7. The van der Waals surface area contributed by atoms with Crippen molar-refractivity contribution in [2.75, 3.05) is 13.7 Å². The average molecular weight is 318 g/mol. The Bertz CT molecular complexity index is 920. The summed E-state index contributed by atoms with van der Waals surface area (Å²) in [5.41, 5.74) is 3.81. The Morgan fingerprint density at radius 3 is 3.00 bits per heavy atom. The molecule has 0 fully saturated rings. The highest BCUT2D eigenvalue weighted by Gasteiger charge is 2.17. The van der Waals surface area contributed by atoms with Crippen molar-refractivity contribution in [3.05, 3.63) is 71.4 Å². The van der Waals surface area contributed by atoms with Gasteiger partial charge in [-0.25, -0.2) is 0 Å². The molecule has 24 heavy (non-hydrogen) atoms. The molecule has 0 N–H and O–H groups in total. The Kier molecular flexibility index (Phi) is 3.65. The van der Waals surface area contributed by atoms with Crippen LogP contribution in [-0.4, -0.2) is 29.4 Å². The van der Waals surface area contributed by atoms with Crippen LogP contribution in [0.2, 0.25) is 0 Å². The van der Waals surface area contributed by atoms with Crippen LogP contribution < -0.4 is 4.74 Å². The largest absolute Gasteiger partial charge is 0.493 e. The highest BCUT2D eigenvalue weighted by molar-refractivity contribution is 5.94. The Morgan fingerprint density at radius 1 is 1.21 bits per heavy atom. The molecule has 4 nitrogen and oxygen atoms in total. The fraction of sp³-hybridized carbons (Fsp3) is 0.200. The molecule has 0 saturated carbocycles. The molecule has 4 heteroatoms. The Labute approximate surface area is 140 Å². The van der Waals surface area contributed by atoms with Gasteiger partial charge in [0, 0.05) is 37.2 Å². The zero-order chi connectivity index (χ0) is 16.5. The lowest BCUT2D eigenvalue weighted by atomic mass is 10.1. The number of nitrogens with zero attached hydrogens (tertiary/aromatic N) is 2. The highest BCUT2D eigenvalue weighted by Crippen LogP contribution is 2.26. The van der Waals surface area contributed by atoms with Crippen LogP contribution in [0.1, 0.15) is 21.5 Å². The molecule has 0 radical (unpaired) electrons. The van der Waals surface area contributed by atoms with Crippen molar-refractivity contribution >= 4 is 16.8 Å². The molecular weight excluding hydrogens is 300 g/mol. The summed E-state index contributed by atoms with van der Waals surface area (Å²) in [6.07, 6.45) is 2.71. The van der Waals surface area contributed by atoms with E-state index in [1.807, 2.05) is 55.7 Å². The lowest BCUT2D eigenvalue weighted by Gasteiger charge is -2.18. The lowest BCUT2D eigenvalue weighted by Crippen LogP contribution is -2.26. The van der Waals surface area contributed by atoms with E-state index in [1.165, 1.54) is 0 Å². The summed E-state index contributed by atoms with van der Waals surface area (Å²) >= 11 is 0. The van der Waals surface area contributed by atoms with Crippen molar-refractivity contribution in [3.63, 3.8) is 0 Å². The number of ether oxygens (including phenoxy) is 1. The van der Waals surface area contributed by atoms with Crippen molar-refractivity contribution < 1.29 is 9.53 Å². The van der Waals surface area contributed by atoms with Crippen molar-refractivity contribution in [2.45, 2.75) is 13.0 Å². The Balaban J connectivity index is 1.54. The van der Waals surface area contributed by atoms with E-state index in [0.717, 1.165) is 34.2 Å². The number of pyridine rings is 1. The number of hydrogen-bond donors (Lipinski definition) is 0. The van der Waals surface area contributed by atoms with Gasteiger partial charge in [-0.05, 0) is 41.5 Å². The third kappa shape index (κ3) is 2.71. The number of aromatic nitrogens is 1. The molecule has 4 rings (SSSR count). The van der Waals surface area contributed by atoms with Gasteiger partial charge in [-0.15, -0.1) is 0 Å². The fourth-order valence-electron chi connectivity index (χ4n) is 3.09. The lowest BCUT2D eigenvalue weighted by molar-refractivity contribution is 0.0785. The smallest absolute Gasteiger partial charge is 0.253 e. The molecule has 0 saturated heterocycles. The normalized spacial score (nSPS) is 12.7. The molecule has 0 spiro atoms. The minimum absolute atomic E-state index is 0.0119. The zero-order valence-corrected chi connectivity index (χ0v) is 13.5. The number of rotatable bonds is 3. The van der Waals surface area contributed by atoms with Crippen LogP contribution in [-0.2, 0) is 13.0 Å². The Morgan fingerprint density at radius 2 is 2.08 bits per heavy atom. The van der Waals surface area contributed by atoms with E-state index in [4.69, 9.17) is 4.74 Å². The van der Waals surface area contributed by atoms with E-state index in [9.17, 15) is 4.79 Å². The summed E-state index contributed by atoms with van der Waals surface area (Å²) in [7, 11) is 1.82. The summed E-state index contributed by atoms with van der Waals surface area (Å²) in [5.74, 6) is 0.908. The van der Waals surface area contributed by atoms with Gasteiger partial charge in [0.05, 0.1) is 12.1 Å². The number of benzene rings is 2. The number of para-hydroxylation sites is 1. The third-order valence-corrected chi connectivity index (χ3v) is 4.35. The molecule has 0 unspecified atom stereocenters. The van der Waals surface area contributed by atoms with Gasteiger partial charge >= 0.3 is 0 Å². The van der Waals surface area contributed by atoms with Gasteiger partial charge in [0.15, 0.2) is 0 Å². The standard InChI is InChI=1S/C20H18N2O2/c1-22(13-14-10-15-4-2-3-5-18(15)21-12-14)20(23)17-6-7-19-16(11-17)8-9-24-19/h2-7,10-12H,8-9,13H2,1H3. The van der Waals surface area contributed by atoms with Crippen LogP contribution in [0.25, 0.3) is 10.9 Å². The molecule has 0 aliphatic carbocycles. The average Bonchev–Trinajstić information content (AvgIpc) is 3.08. The Hall–Kier alpha value is -2.88. The van der Waals surface area contributed by atoms with Crippen LogP contribution in [0.4, 0.5) is 0 Å². The summed E-state index contributed by atoms with van der Waals surface area (Å²) in [4.78, 5) is 18.9. The van der Waals surface area contributed by atoms with Crippen LogP contribution >= 0.6 is 0 Å². The first-order valence-electron chi connectivity index (χ1n) is 8.05. The second-order valence-electron chi connectivity index (χ2n) is 6.12. The molecule has 2 heterocycles. The third-order valence-electron chi connectivity index (χ3n) is 4.35. The van der Waals surface area contributed by atoms with Crippen LogP contribution in [0.5, 0.6) is 5.75 Å². The quantitative estimate of drug-likeness (QED) is 0.743. The first kappa shape index (κ1) is 14.7. The van der Waals surface area contributed by atoms with Gasteiger partial charge in [-0.2, -0.15) is 0 Å². The van der Waals surface area contributed by atoms with Crippen molar-refractivity contribution in [2.24, 2.45) is 0 Å². The molecule has 3 aromatic rings. The van der Waals surface area contributed by atoms with E-state index in [0.29, 0.717) is 18.7 Å². The van der Waals surface area contributed by atoms with Crippen molar-refractivity contribution in [3.8, 4) is 5.75 Å². The highest BCUT2D eigenvalue weighted by atomic mass is 16.5. The number of hydrogen-bond acceptors (Lipinski definition) is 3. The summed E-state index contributed by atoms with van der Waals surface area (Å²) in [5, 5.41) is 1.09. The minimum atomic E-state index is 0.0119. The van der Waals surface area contributed by atoms with Gasteiger partial charge in [0.2, 0.25) is 0 Å². The van der Waals surface area contributed by atoms with Crippen molar-refractivity contribution in [1.82, 2.24) is 9.88 Å². The number of fused-ring (bicyclic) bond motifs is 2. The van der Waals surface area contributed by atoms with Crippen molar-refractivity contribution in [1.29, 1.82) is 0 Å². The topological polar surface area (TPSA) is 42.4 Å². The molecule has 1 amide bonds. The first-order valence-corrected chi connectivity index (χ1v) is 8.05. The van der Waals surface area contributed by atoms with Gasteiger partial charge in [0.25, 0.3) is 5.91 Å². The van der Waals surface area contributed by atoms with Gasteiger partial charge in [0.1, 0.15) is 5.75 Å². The SMILES string of the molecule is CN(Cc1cnc2ccccc2c1)C(=O)c1ccc2c(c1)CCO2. The second kappa shape index (κ2) is 5.96. The predicted octanol–water partition coefficient (Wildman–Crippen LogP) is 3.44. The minimum Gasteiger partial charge on any atom is -0.493 e. The van der Waals surface area contributed by atoms with E-state index in [1.54, 1.807) is 4.90 Å². The van der Waals surface area contributed by atoms with Crippen LogP contribution in [0.15, 0.2) is 54.7 Å². The predicted molar refractivity (Wildman–Crippen MR) is 93.2 cm³/mol. The molecule has 120 valence electrons. The molecule has 0 atom stereocenters. The summed E-state index contributed by atoms with van der Waals surface area (Å²) < 4.78 is 5.50. The molecule has 1 aromatic heterocycles. The van der Waals surface area contributed by atoms with Crippen LogP contribution in [0.3, 0.4) is 0 Å². The second-order valence-corrected chi connectivity index (χ2v) is 6.12. The molecule has 1 aliphatic heterocycles. The van der Waals surface area contributed by atoms with Gasteiger partial charge < -0.3 is 9.64 Å². The molecular formula is C20H18N2O2. The molecule has 1 aliphatic rings. The van der Waals surface area contributed by atoms with Crippen LogP contribution in [0, 0.1) is 0 Å². The van der Waals surface area contributed by atoms with E-state index < -0.39 is 0 Å². The maximum absolute atomic E-state index is 12.7. The van der Waals surface area contributed by atoms with E-state index in [2.05, 4.69) is 11.1 Å². The monoisotopic (exact) mass is 318 g/mol. The summed E-state index contributed by atoms with van der Waals surface area (Å²) in [6.45, 7) is 1.23. The number of amides is 1. The zero-order valence-electron chi connectivity index (χ0n) is 13.5. The summed E-state index contributed by atoms with van der Waals surface area (Å²) in [6, 6.07) is 15.7. The fourth-order valence-corrected chi connectivity index (χ4v) is 3.09. The van der Waals surface area contributed by atoms with E-state index >= 15 is 0 Å². The maximum Gasteiger partial charge on any atom is 0.253 e. The molecule has 2 aromatic carbocycles. The number of carbonyl (C=O) groups is 1. The van der Waals surface area contributed by atoms with Gasteiger partial charge in [-0.1, -0.05) is 18.2 Å².